The van der Waals surface area contributed by atoms with Crippen LogP contribution in [0.2, 0.25) is 0 Å². The predicted octanol–water partition coefficient (Wildman–Crippen LogP) is 5.73. The molecule has 0 atom stereocenters. The summed E-state index contributed by atoms with van der Waals surface area (Å²) in [5.41, 5.74) is 5.01. The third kappa shape index (κ3) is 5.12. The van der Waals surface area contributed by atoms with Crippen molar-refractivity contribution in [3.63, 3.8) is 0 Å². The van der Waals surface area contributed by atoms with E-state index < -0.39 is 20.0 Å². The molecule has 4 aromatic carbocycles. The van der Waals surface area contributed by atoms with E-state index in [2.05, 4.69) is 5.73 Å². The molecule has 0 aromatic heterocycles. The molecule has 0 aliphatic rings. The van der Waals surface area contributed by atoms with Crippen LogP contribution >= 0.6 is 0 Å². The molecule has 7 heteroatoms. The van der Waals surface area contributed by atoms with Crippen molar-refractivity contribution in [3.05, 3.63) is 138 Å². The van der Waals surface area contributed by atoms with Crippen molar-refractivity contribution in [2.24, 2.45) is 0 Å². The van der Waals surface area contributed by atoms with Crippen LogP contribution in [0.5, 0.6) is 0 Å². The second-order valence-corrected chi connectivity index (χ2v) is 11.5. The summed E-state index contributed by atoms with van der Waals surface area (Å²) in [6.45, 7) is 1.91. The summed E-state index contributed by atoms with van der Waals surface area (Å²) >= 11 is 0. The Kier molecular flexibility index (Phi) is 7.03. The fourth-order valence-electron chi connectivity index (χ4n) is 3.48. The quantitative estimate of drug-likeness (QED) is 0.303. The largest absolute Gasteiger partial charge is 0.278 e. The van der Waals surface area contributed by atoms with E-state index in [4.69, 9.17) is 0 Å². The standard InChI is InChI=1S/C28H23NO4S2/c1-23-13-11-12-14-24(23)21-22-28(25-15-5-2-6-16-25)29(34(30,31)26-17-7-3-8-18-26)35(32,33)27-19-9-4-10-20-27/h2-21H,1H3. The van der Waals surface area contributed by atoms with Gasteiger partial charge in [-0.3, -0.25) is 0 Å². The van der Waals surface area contributed by atoms with Gasteiger partial charge in [-0.15, -0.1) is 3.71 Å². The van der Waals surface area contributed by atoms with Gasteiger partial charge in [0, 0.05) is 5.56 Å². The van der Waals surface area contributed by atoms with Crippen LogP contribution in [0.1, 0.15) is 16.7 Å². The molecule has 5 nitrogen and oxygen atoms in total. The topological polar surface area (TPSA) is 71.5 Å². The molecule has 0 fully saturated rings. The predicted molar refractivity (Wildman–Crippen MR) is 138 cm³/mol. The van der Waals surface area contributed by atoms with E-state index >= 15 is 0 Å². The van der Waals surface area contributed by atoms with Crippen LogP contribution in [-0.4, -0.2) is 20.5 Å². The van der Waals surface area contributed by atoms with Gasteiger partial charge < -0.3 is 0 Å². The van der Waals surface area contributed by atoms with Gasteiger partial charge in [0.15, 0.2) is 0 Å². The molecule has 35 heavy (non-hydrogen) atoms. The van der Waals surface area contributed by atoms with Gasteiger partial charge in [0.2, 0.25) is 0 Å². The minimum atomic E-state index is -4.54. The Bertz CT molecular complexity index is 1520. The van der Waals surface area contributed by atoms with Crippen LogP contribution in [0.15, 0.2) is 131 Å². The van der Waals surface area contributed by atoms with Crippen molar-refractivity contribution in [1.82, 2.24) is 3.71 Å². The Labute approximate surface area is 206 Å². The van der Waals surface area contributed by atoms with Gasteiger partial charge in [-0.25, -0.2) is 0 Å². The number of rotatable bonds is 7. The first-order chi connectivity index (χ1) is 16.8. The van der Waals surface area contributed by atoms with E-state index in [9.17, 15) is 16.8 Å². The van der Waals surface area contributed by atoms with Crippen molar-refractivity contribution in [2.75, 3.05) is 0 Å². The van der Waals surface area contributed by atoms with Crippen LogP contribution in [0, 0.1) is 6.92 Å². The second-order valence-electron chi connectivity index (χ2n) is 7.69. The Hall–Kier alpha value is -3.90. The van der Waals surface area contributed by atoms with E-state index in [1.807, 2.05) is 31.2 Å². The molecule has 0 saturated heterocycles. The van der Waals surface area contributed by atoms with Gasteiger partial charge in [-0.1, -0.05) is 96.7 Å². The number of sulfonamides is 2. The normalized spacial score (nSPS) is 11.3. The molecule has 0 aliphatic carbocycles. The first-order valence-corrected chi connectivity index (χ1v) is 13.7. The molecular formula is C28H23NO4S2. The van der Waals surface area contributed by atoms with Crippen LogP contribution in [0.3, 0.4) is 0 Å². The third-order valence-corrected chi connectivity index (χ3v) is 9.45. The molecule has 0 bridgehead atoms. The highest BCUT2D eigenvalue weighted by atomic mass is 32.3. The Balaban J connectivity index is 2.07. The van der Waals surface area contributed by atoms with Gasteiger partial charge in [-0.2, -0.15) is 16.8 Å². The summed E-state index contributed by atoms with van der Waals surface area (Å²) < 4.78 is 56.2. The van der Waals surface area contributed by atoms with E-state index in [-0.39, 0.29) is 15.5 Å². The lowest BCUT2D eigenvalue weighted by atomic mass is 10.1. The van der Waals surface area contributed by atoms with Crippen LogP contribution in [0.4, 0.5) is 0 Å². The van der Waals surface area contributed by atoms with Gasteiger partial charge in [0.25, 0.3) is 20.0 Å². The van der Waals surface area contributed by atoms with Crippen molar-refractivity contribution < 1.29 is 16.8 Å². The fraction of sp³-hybridized carbons (Fsp3) is 0.0357. The van der Waals surface area contributed by atoms with Crippen molar-refractivity contribution in [1.29, 1.82) is 0 Å². The molecule has 0 N–H and O–H groups in total. The van der Waals surface area contributed by atoms with Crippen molar-refractivity contribution in [2.45, 2.75) is 16.7 Å². The fourth-order valence-corrected chi connectivity index (χ4v) is 7.21. The maximum atomic E-state index is 13.9. The number of aryl methyl sites for hydroxylation is 1. The Morgan fingerprint density at radius 2 is 1.06 bits per heavy atom. The zero-order chi connectivity index (χ0) is 24.9. The summed E-state index contributed by atoms with van der Waals surface area (Å²) in [4.78, 5) is -0.295. The Morgan fingerprint density at radius 3 is 1.54 bits per heavy atom. The lowest BCUT2D eigenvalue weighted by Crippen LogP contribution is -2.35. The van der Waals surface area contributed by atoms with Crippen LogP contribution in [-0.2, 0) is 20.0 Å². The average Bonchev–Trinajstić information content (AvgIpc) is 2.88. The summed E-state index contributed by atoms with van der Waals surface area (Å²) in [5.74, 6) is 0. The highest BCUT2D eigenvalue weighted by molar-refractivity contribution is 8.04. The first kappa shape index (κ1) is 24.2. The van der Waals surface area contributed by atoms with Crippen LogP contribution < -0.4 is 0 Å². The van der Waals surface area contributed by atoms with E-state index in [0.29, 0.717) is 9.27 Å². The molecule has 4 aromatic rings. The lowest BCUT2D eigenvalue weighted by molar-refractivity contribution is 0.541. The van der Waals surface area contributed by atoms with Crippen molar-refractivity contribution >= 4 is 31.8 Å². The van der Waals surface area contributed by atoms with Gasteiger partial charge >= 0.3 is 0 Å². The average molecular weight is 502 g/mol. The zero-order valence-corrected chi connectivity index (χ0v) is 20.6. The smallest absolute Gasteiger partial charge is 0.200 e. The SMILES string of the molecule is Cc1ccccc1C=C=C(c1ccccc1)N(S(=O)(=O)c1ccccc1)S(=O)(=O)c1ccccc1. The Morgan fingerprint density at radius 1 is 0.629 bits per heavy atom. The zero-order valence-electron chi connectivity index (χ0n) is 18.9. The molecule has 0 amide bonds. The minimum absolute atomic E-state index is 0.110. The summed E-state index contributed by atoms with van der Waals surface area (Å²) in [6, 6.07) is 31.0. The maximum absolute atomic E-state index is 13.9. The highest BCUT2D eigenvalue weighted by Crippen LogP contribution is 2.33. The molecule has 0 spiro atoms. The van der Waals surface area contributed by atoms with Crippen LogP contribution in [0.25, 0.3) is 11.8 Å². The monoisotopic (exact) mass is 501 g/mol. The molecule has 0 aliphatic heterocycles. The molecular weight excluding hydrogens is 478 g/mol. The van der Waals surface area contributed by atoms with E-state index in [1.54, 1.807) is 72.8 Å². The number of hydrogen-bond donors (Lipinski definition) is 0. The molecule has 0 radical (unpaired) electrons. The molecule has 0 heterocycles. The summed E-state index contributed by atoms with van der Waals surface area (Å²) in [5, 5.41) is 0. The molecule has 176 valence electrons. The molecule has 4 rings (SSSR count). The van der Waals surface area contributed by atoms with Gasteiger partial charge in [-0.05, 0) is 48.4 Å². The van der Waals surface area contributed by atoms with Crippen molar-refractivity contribution in [3.8, 4) is 0 Å². The highest BCUT2D eigenvalue weighted by Gasteiger charge is 2.38. The minimum Gasteiger partial charge on any atom is -0.200 e. The van der Waals surface area contributed by atoms with E-state index in [1.165, 1.54) is 24.3 Å². The second kappa shape index (κ2) is 10.2. The number of hydrogen-bond acceptors (Lipinski definition) is 4. The first-order valence-electron chi connectivity index (χ1n) is 10.8. The summed E-state index contributed by atoms with van der Waals surface area (Å²) in [6.07, 6.45) is 1.60. The third-order valence-electron chi connectivity index (χ3n) is 5.30. The maximum Gasteiger partial charge on any atom is 0.278 e. The number of nitrogens with zero attached hydrogens (tertiary/aromatic N) is 1. The van der Waals surface area contributed by atoms with Gasteiger partial charge in [0.1, 0.15) is 5.70 Å². The lowest BCUT2D eigenvalue weighted by Gasteiger charge is -2.25. The van der Waals surface area contributed by atoms with Gasteiger partial charge in [0.05, 0.1) is 9.79 Å². The molecule has 0 unspecified atom stereocenters. The van der Waals surface area contributed by atoms with E-state index in [0.717, 1.165) is 11.1 Å². The number of benzene rings is 4. The summed E-state index contributed by atoms with van der Waals surface area (Å²) in [7, 11) is -9.09. The molecule has 0 saturated carbocycles.